The zero-order valence-electron chi connectivity index (χ0n) is 15.5. The molecule has 1 heterocycles. The van der Waals surface area contributed by atoms with Crippen LogP contribution in [0.1, 0.15) is 51.0 Å². The minimum Gasteiger partial charge on any atom is -0.482 e. The summed E-state index contributed by atoms with van der Waals surface area (Å²) < 4.78 is 41.6. The van der Waals surface area contributed by atoms with Crippen molar-refractivity contribution in [2.45, 2.75) is 46.7 Å². The van der Waals surface area contributed by atoms with Crippen LogP contribution in [0.15, 0.2) is 17.4 Å². The number of carbonyl (C=O) groups is 1. The first kappa shape index (κ1) is 23.0. The van der Waals surface area contributed by atoms with Crippen LogP contribution in [0, 0.1) is 10.8 Å². The van der Waals surface area contributed by atoms with E-state index in [4.69, 9.17) is 22.5 Å². The molecule has 0 radical (unpaired) electrons. The predicted octanol–water partition coefficient (Wildman–Crippen LogP) is 4.44. The number of hydrogen-bond acceptors (Lipinski definition) is 5. The van der Waals surface area contributed by atoms with Crippen LogP contribution in [0.25, 0.3) is 0 Å². The van der Waals surface area contributed by atoms with Gasteiger partial charge in [-0.25, -0.2) is 0 Å². The van der Waals surface area contributed by atoms with Crippen molar-refractivity contribution in [2.24, 2.45) is 21.7 Å². The van der Waals surface area contributed by atoms with E-state index in [0.29, 0.717) is 6.42 Å². The maximum absolute atomic E-state index is 12.7. The molecule has 10 heteroatoms. The van der Waals surface area contributed by atoms with Gasteiger partial charge in [0.1, 0.15) is 22.3 Å². The summed E-state index contributed by atoms with van der Waals surface area (Å²) in [4.78, 5) is 16.5. The van der Waals surface area contributed by atoms with Gasteiger partial charge in [0.05, 0.1) is 6.20 Å². The van der Waals surface area contributed by atoms with Crippen LogP contribution in [-0.4, -0.2) is 34.6 Å². The van der Waals surface area contributed by atoms with Crippen molar-refractivity contribution in [3.63, 3.8) is 0 Å². The van der Waals surface area contributed by atoms with Crippen molar-refractivity contribution < 1.29 is 27.9 Å². The molecule has 6 nitrogen and oxygen atoms in total. The molecular formula is C17H23ClF3N3O3. The molecule has 1 unspecified atom stereocenters. The number of amidine groups is 1. The van der Waals surface area contributed by atoms with Gasteiger partial charge < -0.3 is 15.7 Å². The molecule has 0 amide bonds. The molecule has 0 aliphatic heterocycles. The lowest BCUT2D eigenvalue weighted by atomic mass is 9.71. The van der Waals surface area contributed by atoms with Crippen LogP contribution in [0.4, 0.5) is 13.2 Å². The van der Waals surface area contributed by atoms with Crippen molar-refractivity contribution >= 4 is 23.2 Å². The smallest absolute Gasteiger partial charge is 0.422 e. The molecule has 0 aliphatic carbocycles. The second-order valence-corrected chi connectivity index (χ2v) is 8.19. The fourth-order valence-electron chi connectivity index (χ4n) is 2.82. The summed E-state index contributed by atoms with van der Waals surface area (Å²) in [5, 5.41) is 12.0. The Labute approximate surface area is 160 Å². The second kappa shape index (κ2) is 8.33. The summed E-state index contributed by atoms with van der Waals surface area (Å²) in [5.74, 6) is -0.913. The largest absolute Gasteiger partial charge is 0.482 e. The second-order valence-electron chi connectivity index (χ2n) is 7.79. The molecule has 0 bridgehead atoms. The number of rotatable bonds is 7. The number of Topliss-reactive ketones (excluding diaryl/α,β-unsaturated/α-hetero) is 1. The van der Waals surface area contributed by atoms with Crippen LogP contribution in [0.2, 0.25) is 5.02 Å². The van der Waals surface area contributed by atoms with E-state index in [9.17, 15) is 18.0 Å². The van der Waals surface area contributed by atoms with E-state index in [2.05, 4.69) is 14.9 Å². The first-order valence-electron chi connectivity index (χ1n) is 8.03. The summed E-state index contributed by atoms with van der Waals surface area (Å²) in [6.45, 7) is 5.93. The van der Waals surface area contributed by atoms with Crippen molar-refractivity contribution in [2.75, 3.05) is 6.61 Å². The molecule has 1 rings (SSSR count). The van der Waals surface area contributed by atoms with Gasteiger partial charge in [-0.1, -0.05) is 44.5 Å². The number of pyridine rings is 1. The standard InChI is InChI=1S/C17H23ClF3N3O3/c1-15(2,3)8-16(4,14(22)24-26)6-12(25)11-5-13(10(18)7-23-11)27-9-17(19,20)21/h5,7,26H,6,8-9H2,1-4H3,(H2,22,24). The van der Waals surface area contributed by atoms with Gasteiger partial charge in [0.15, 0.2) is 12.4 Å². The molecule has 27 heavy (non-hydrogen) atoms. The summed E-state index contributed by atoms with van der Waals surface area (Å²) >= 11 is 5.78. The SMILES string of the molecule is CC(C)(C)CC(C)(CC(=O)c1cc(OCC(F)(F)F)c(Cl)cn1)/C(N)=N/O. The lowest BCUT2D eigenvalue weighted by Crippen LogP contribution is -2.39. The monoisotopic (exact) mass is 409 g/mol. The van der Waals surface area contributed by atoms with Gasteiger partial charge in [-0.3, -0.25) is 9.78 Å². The van der Waals surface area contributed by atoms with Gasteiger partial charge in [-0.15, -0.1) is 0 Å². The van der Waals surface area contributed by atoms with Crippen LogP contribution < -0.4 is 10.5 Å². The number of aromatic nitrogens is 1. The molecule has 0 aromatic carbocycles. The van der Waals surface area contributed by atoms with Gasteiger partial charge >= 0.3 is 6.18 Å². The first-order chi connectivity index (χ1) is 12.2. The molecule has 0 saturated heterocycles. The average Bonchev–Trinajstić information content (AvgIpc) is 2.50. The molecule has 0 fully saturated rings. The Kier molecular flexibility index (Phi) is 7.10. The lowest BCUT2D eigenvalue weighted by molar-refractivity contribution is -0.153. The predicted molar refractivity (Wildman–Crippen MR) is 95.3 cm³/mol. The summed E-state index contributed by atoms with van der Waals surface area (Å²) in [6.07, 6.45) is -3.24. The molecule has 1 aromatic rings. The van der Waals surface area contributed by atoms with E-state index >= 15 is 0 Å². The Morgan fingerprint density at radius 1 is 1.33 bits per heavy atom. The summed E-state index contributed by atoms with van der Waals surface area (Å²) in [6, 6.07) is 1.06. The summed E-state index contributed by atoms with van der Waals surface area (Å²) in [7, 11) is 0. The Bertz CT molecular complexity index is 718. The van der Waals surface area contributed by atoms with Gasteiger partial charge in [0.2, 0.25) is 0 Å². The maximum Gasteiger partial charge on any atom is 0.422 e. The molecule has 0 spiro atoms. The third kappa shape index (κ3) is 7.24. The molecular weight excluding hydrogens is 387 g/mol. The van der Waals surface area contributed by atoms with Crippen LogP contribution in [0.5, 0.6) is 5.75 Å². The number of oxime groups is 1. The van der Waals surface area contributed by atoms with Gasteiger partial charge in [0.25, 0.3) is 0 Å². The zero-order valence-corrected chi connectivity index (χ0v) is 16.3. The minimum atomic E-state index is -4.55. The van der Waals surface area contributed by atoms with E-state index in [0.717, 1.165) is 12.3 Å². The number of carbonyl (C=O) groups excluding carboxylic acids is 1. The third-order valence-electron chi connectivity index (χ3n) is 3.69. The third-order valence-corrected chi connectivity index (χ3v) is 3.98. The zero-order chi connectivity index (χ0) is 21.0. The Morgan fingerprint density at radius 3 is 2.41 bits per heavy atom. The van der Waals surface area contributed by atoms with Crippen LogP contribution in [0.3, 0.4) is 0 Å². The van der Waals surface area contributed by atoms with Crippen molar-refractivity contribution in [1.82, 2.24) is 4.98 Å². The van der Waals surface area contributed by atoms with E-state index in [1.54, 1.807) is 6.92 Å². The average molecular weight is 410 g/mol. The van der Waals surface area contributed by atoms with E-state index in [-0.39, 0.29) is 34.1 Å². The molecule has 3 N–H and O–H groups in total. The van der Waals surface area contributed by atoms with Crippen molar-refractivity contribution in [1.29, 1.82) is 0 Å². The Morgan fingerprint density at radius 2 is 1.93 bits per heavy atom. The van der Waals surface area contributed by atoms with E-state index < -0.39 is 24.0 Å². The Hall–Kier alpha value is -2.03. The molecule has 0 aliphatic rings. The highest BCUT2D eigenvalue weighted by molar-refractivity contribution is 6.32. The van der Waals surface area contributed by atoms with Crippen LogP contribution in [-0.2, 0) is 0 Å². The minimum absolute atomic E-state index is 0.117. The molecule has 0 saturated carbocycles. The summed E-state index contributed by atoms with van der Waals surface area (Å²) in [5.41, 5.74) is 4.46. The fraction of sp³-hybridized carbons (Fsp3) is 0.588. The number of ketones is 1. The molecule has 1 atom stereocenters. The number of halogens is 4. The van der Waals surface area contributed by atoms with Crippen molar-refractivity contribution in [3.8, 4) is 5.75 Å². The quantitative estimate of drug-likeness (QED) is 0.228. The number of hydrogen-bond donors (Lipinski definition) is 2. The number of nitrogens with zero attached hydrogens (tertiary/aromatic N) is 2. The van der Waals surface area contributed by atoms with Crippen LogP contribution >= 0.6 is 11.6 Å². The maximum atomic E-state index is 12.7. The van der Waals surface area contributed by atoms with Crippen molar-refractivity contribution in [3.05, 3.63) is 23.0 Å². The van der Waals surface area contributed by atoms with E-state index in [1.165, 1.54) is 0 Å². The number of nitrogens with two attached hydrogens (primary N) is 1. The van der Waals surface area contributed by atoms with Gasteiger partial charge in [0, 0.05) is 17.9 Å². The molecule has 152 valence electrons. The number of ether oxygens (including phenoxy) is 1. The normalized spacial score (nSPS) is 15.3. The fourth-order valence-corrected chi connectivity index (χ4v) is 2.98. The lowest BCUT2D eigenvalue weighted by Gasteiger charge is -2.34. The highest BCUT2D eigenvalue weighted by atomic mass is 35.5. The first-order valence-corrected chi connectivity index (χ1v) is 8.41. The topological polar surface area (TPSA) is 97.8 Å². The van der Waals surface area contributed by atoms with Gasteiger partial charge in [-0.2, -0.15) is 13.2 Å². The highest BCUT2D eigenvalue weighted by Gasteiger charge is 2.37. The Balaban J connectivity index is 3.09. The van der Waals surface area contributed by atoms with Gasteiger partial charge in [-0.05, 0) is 11.8 Å². The molecule has 1 aromatic heterocycles. The number of alkyl halides is 3. The van der Waals surface area contributed by atoms with E-state index in [1.807, 2.05) is 20.8 Å². The highest BCUT2D eigenvalue weighted by Crippen LogP contribution is 2.38.